The molecule has 1 aromatic carbocycles. The van der Waals surface area contributed by atoms with Crippen molar-refractivity contribution in [2.75, 3.05) is 6.61 Å². The van der Waals surface area contributed by atoms with E-state index in [-0.39, 0.29) is 12.0 Å². The van der Waals surface area contributed by atoms with E-state index in [4.69, 9.17) is 10.5 Å². The molecule has 2 heterocycles. The Morgan fingerprint density at radius 2 is 2.29 bits per heavy atom. The number of nitrogens with zero attached hydrogens (tertiary/aromatic N) is 3. The summed E-state index contributed by atoms with van der Waals surface area (Å²) in [6.07, 6.45) is 1.71. The summed E-state index contributed by atoms with van der Waals surface area (Å²) in [7, 11) is 1.85. The van der Waals surface area contributed by atoms with E-state index in [2.05, 4.69) is 16.4 Å². The van der Waals surface area contributed by atoms with Crippen molar-refractivity contribution < 1.29 is 4.74 Å². The van der Waals surface area contributed by atoms with Crippen molar-refractivity contribution in [1.82, 2.24) is 15.0 Å². The average Bonchev–Trinajstić information content (AvgIpc) is 2.94. The largest absolute Gasteiger partial charge is 0.493 e. The van der Waals surface area contributed by atoms with E-state index in [0.29, 0.717) is 6.61 Å². The Kier molecular flexibility index (Phi) is 2.33. The fourth-order valence-corrected chi connectivity index (χ4v) is 2.29. The summed E-state index contributed by atoms with van der Waals surface area (Å²) >= 11 is 0. The summed E-state index contributed by atoms with van der Waals surface area (Å²) in [4.78, 5) is 0. The highest BCUT2D eigenvalue weighted by molar-refractivity contribution is 5.41. The molecule has 0 spiro atoms. The van der Waals surface area contributed by atoms with Crippen LogP contribution >= 0.6 is 0 Å². The van der Waals surface area contributed by atoms with Gasteiger partial charge in [0, 0.05) is 18.5 Å². The quantitative estimate of drug-likeness (QED) is 0.835. The third kappa shape index (κ3) is 1.59. The van der Waals surface area contributed by atoms with E-state index in [0.717, 1.165) is 11.4 Å². The van der Waals surface area contributed by atoms with Crippen LogP contribution in [-0.4, -0.2) is 21.6 Å². The SMILES string of the molecule is Cn1nncc1C(N)C1COc2ccccc21. The molecule has 0 saturated carbocycles. The maximum atomic E-state index is 6.28. The van der Waals surface area contributed by atoms with E-state index in [1.165, 1.54) is 5.56 Å². The van der Waals surface area contributed by atoms with Gasteiger partial charge in [0.15, 0.2) is 0 Å². The van der Waals surface area contributed by atoms with E-state index in [1.807, 2.05) is 25.2 Å². The Labute approximate surface area is 99.2 Å². The lowest BCUT2D eigenvalue weighted by molar-refractivity contribution is 0.312. The van der Waals surface area contributed by atoms with Gasteiger partial charge < -0.3 is 10.5 Å². The summed E-state index contributed by atoms with van der Waals surface area (Å²) in [6.45, 7) is 0.617. The fourth-order valence-electron chi connectivity index (χ4n) is 2.29. The zero-order valence-corrected chi connectivity index (χ0v) is 9.58. The number of ether oxygens (including phenoxy) is 1. The molecule has 2 atom stereocenters. The first-order valence-electron chi connectivity index (χ1n) is 5.59. The normalized spacial score (nSPS) is 19.8. The van der Waals surface area contributed by atoms with Crippen LogP contribution in [0.2, 0.25) is 0 Å². The van der Waals surface area contributed by atoms with Gasteiger partial charge in [0.2, 0.25) is 0 Å². The van der Waals surface area contributed by atoms with Crippen LogP contribution in [0.25, 0.3) is 0 Å². The van der Waals surface area contributed by atoms with Gasteiger partial charge in [-0.15, -0.1) is 5.10 Å². The van der Waals surface area contributed by atoms with E-state index in [1.54, 1.807) is 10.9 Å². The van der Waals surface area contributed by atoms with Crippen LogP contribution in [0.1, 0.15) is 23.2 Å². The second kappa shape index (κ2) is 3.85. The fraction of sp³-hybridized carbons (Fsp3) is 0.333. The minimum absolute atomic E-state index is 0.140. The molecule has 5 heteroatoms. The van der Waals surface area contributed by atoms with Crippen LogP contribution in [0.3, 0.4) is 0 Å². The molecule has 0 bridgehead atoms. The molecule has 2 aromatic rings. The highest BCUT2D eigenvalue weighted by Gasteiger charge is 2.31. The number of nitrogens with two attached hydrogens (primary N) is 1. The molecule has 5 nitrogen and oxygen atoms in total. The van der Waals surface area contributed by atoms with Gasteiger partial charge in [-0.1, -0.05) is 23.4 Å². The Hall–Kier alpha value is -1.88. The predicted octanol–water partition coefficient (Wildman–Crippen LogP) is 0.991. The van der Waals surface area contributed by atoms with Crippen LogP contribution in [-0.2, 0) is 7.05 Å². The molecule has 0 fully saturated rings. The first-order chi connectivity index (χ1) is 8.27. The standard InChI is InChI=1S/C12H14N4O/c1-16-10(6-14-15-16)12(13)9-7-17-11-5-3-2-4-8(9)11/h2-6,9,12H,7,13H2,1H3. The lowest BCUT2D eigenvalue weighted by Crippen LogP contribution is -2.23. The molecule has 2 N–H and O–H groups in total. The van der Waals surface area contributed by atoms with Gasteiger partial charge in [-0.3, -0.25) is 4.68 Å². The van der Waals surface area contributed by atoms with E-state index in [9.17, 15) is 0 Å². The minimum Gasteiger partial charge on any atom is -0.493 e. The van der Waals surface area contributed by atoms with Crippen LogP contribution in [0, 0.1) is 0 Å². The van der Waals surface area contributed by atoms with Crippen LogP contribution in [0.5, 0.6) is 5.75 Å². The molecule has 0 aliphatic carbocycles. The minimum atomic E-state index is -0.140. The number of hydrogen-bond donors (Lipinski definition) is 1. The Balaban J connectivity index is 1.95. The van der Waals surface area contributed by atoms with Gasteiger partial charge in [-0.05, 0) is 6.07 Å². The van der Waals surface area contributed by atoms with E-state index >= 15 is 0 Å². The van der Waals surface area contributed by atoms with Crippen molar-refractivity contribution in [1.29, 1.82) is 0 Å². The molecule has 3 rings (SSSR count). The maximum absolute atomic E-state index is 6.28. The van der Waals surface area contributed by atoms with Crippen LogP contribution in [0.4, 0.5) is 0 Å². The highest BCUT2D eigenvalue weighted by Crippen LogP contribution is 2.39. The molecule has 17 heavy (non-hydrogen) atoms. The van der Waals surface area contributed by atoms with Crippen LogP contribution < -0.4 is 10.5 Å². The van der Waals surface area contributed by atoms with Gasteiger partial charge in [0.05, 0.1) is 24.5 Å². The van der Waals surface area contributed by atoms with Crippen molar-refractivity contribution >= 4 is 0 Å². The van der Waals surface area contributed by atoms with Crippen molar-refractivity contribution in [3.05, 3.63) is 41.7 Å². The Bertz CT molecular complexity index is 537. The summed E-state index contributed by atoms with van der Waals surface area (Å²) in [5.41, 5.74) is 8.37. The second-order valence-electron chi connectivity index (χ2n) is 4.26. The molecule has 0 radical (unpaired) electrons. The number of aromatic nitrogens is 3. The van der Waals surface area contributed by atoms with Gasteiger partial charge >= 0.3 is 0 Å². The highest BCUT2D eigenvalue weighted by atomic mass is 16.5. The van der Waals surface area contributed by atoms with Gasteiger partial charge in [-0.25, -0.2) is 0 Å². The zero-order chi connectivity index (χ0) is 11.8. The van der Waals surface area contributed by atoms with Gasteiger partial charge in [0.25, 0.3) is 0 Å². The van der Waals surface area contributed by atoms with Gasteiger partial charge in [0.1, 0.15) is 5.75 Å². The number of rotatable bonds is 2. The molecule has 1 aliphatic rings. The molecule has 2 unspecified atom stereocenters. The number of hydrogen-bond acceptors (Lipinski definition) is 4. The third-order valence-electron chi connectivity index (χ3n) is 3.26. The summed E-state index contributed by atoms with van der Waals surface area (Å²) in [6, 6.07) is 7.88. The smallest absolute Gasteiger partial charge is 0.122 e. The first kappa shape index (κ1) is 10.3. The monoisotopic (exact) mass is 230 g/mol. The van der Waals surface area contributed by atoms with Crippen molar-refractivity contribution in [2.24, 2.45) is 12.8 Å². The molecule has 1 aromatic heterocycles. The Morgan fingerprint density at radius 1 is 1.47 bits per heavy atom. The number of para-hydroxylation sites is 1. The number of benzene rings is 1. The summed E-state index contributed by atoms with van der Waals surface area (Å²) in [5, 5.41) is 7.77. The topological polar surface area (TPSA) is 66.0 Å². The first-order valence-corrected chi connectivity index (χ1v) is 5.59. The zero-order valence-electron chi connectivity index (χ0n) is 9.58. The lowest BCUT2D eigenvalue weighted by Gasteiger charge is -2.17. The average molecular weight is 230 g/mol. The van der Waals surface area contributed by atoms with Crippen molar-refractivity contribution in [3.8, 4) is 5.75 Å². The van der Waals surface area contributed by atoms with E-state index < -0.39 is 0 Å². The molecule has 0 saturated heterocycles. The van der Waals surface area contributed by atoms with Crippen molar-refractivity contribution in [3.63, 3.8) is 0 Å². The summed E-state index contributed by atoms with van der Waals surface area (Å²) in [5.74, 6) is 1.10. The van der Waals surface area contributed by atoms with Gasteiger partial charge in [-0.2, -0.15) is 0 Å². The van der Waals surface area contributed by atoms with Crippen LogP contribution in [0.15, 0.2) is 30.5 Å². The number of aryl methyl sites for hydroxylation is 1. The number of fused-ring (bicyclic) bond motifs is 1. The summed E-state index contributed by atoms with van der Waals surface area (Å²) < 4.78 is 7.35. The second-order valence-corrected chi connectivity index (χ2v) is 4.26. The molecule has 0 amide bonds. The molecular formula is C12H14N4O. The lowest BCUT2D eigenvalue weighted by atomic mass is 9.92. The molecule has 88 valence electrons. The molecule has 1 aliphatic heterocycles. The molecular weight excluding hydrogens is 216 g/mol. The predicted molar refractivity (Wildman–Crippen MR) is 62.6 cm³/mol. The Morgan fingerprint density at radius 3 is 3.06 bits per heavy atom. The maximum Gasteiger partial charge on any atom is 0.122 e. The third-order valence-corrected chi connectivity index (χ3v) is 3.26. The van der Waals surface area contributed by atoms with Crippen molar-refractivity contribution in [2.45, 2.75) is 12.0 Å².